The second-order valence-corrected chi connectivity index (χ2v) is 7.73. The lowest BCUT2D eigenvalue weighted by Crippen LogP contribution is -2.18. The van der Waals surface area contributed by atoms with Crippen molar-refractivity contribution < 1.29 is 22.8 Å². The molecule has 0 unspecified atom stereocenters. The van der Waals surface area contributed by atoms with Crippen molar-refractivity contribution in [1.82, 2.24) is 9.97 Å². The number of pyridine rings is 2. The third-order valence-corrected chi connectivity index (χ3v) is 5.40. The highest BCUT2D eigenvalue weighted by Gasteiger charge is 2.32. The third-order valence-electron chi connectivity index (χ3n) is 5.08. The monoisotopic (exact) mass is 460 g/mol. The van der Waals surface area contributed by atoms with Gasteiger partial charge in [-0.05, 0) is 42.7 Å². The molecule has 0 radical (unpaired) electrons. The second-order valence-electron chi connectivity index (χ2n) is 7.32. The van der Waals surface area contributed by atoms with Gasteiger partial charge >= 0.3 is 6.18 Å². The Morgan fingerprint density at radius 3 is 2.44 bits per heavy atom. The molecule has 32 heavy (non-hydrogen) atoms. The maximum absolute atomic E-state index is 13.1. The number of hydrogen-bond acceptors (Lipinski definition) is 4. The second kappa shape index (κ2) is 8.23. The van der Waals surface area contributed by atoms with E-state index in [1.165, 1.54) is 30.7 Å². The predicted octanol–water partition coefficient (Wildman–Crippen LogP) is 4.93. The van der Waals surface area contributed by atoms with Crippen LogP contribution in [-0.2, 0) is 11.0 Å². The molecule has 2 heterocycles. The van der Waals surface area contributed by atoms with Crippen molar-refractivity contribution >= 4 is 29.2 Å². The Balaban J connectivity index is 1.89. The smallest absolute Gasteiger partial charge is 0.366 e. The van der Waals surface area contributed by atoms with E-state index in [0.717, 1.165) is 25.0 Å². The van der Waals surface area contributed by atoms with E-state index >= 15 is 0 Å². The molecule has 164 valence electrons. The molecule has 2 amide bonds. The van der Waals surface area contributed by atoms with Crippen LogP contribution < -0.4 is 11.1 Å². The lowest BCUT2D eigenvalue weighted by atomic mass is 9.93. The van der Waals surface area contributed by atoms with E-state index < -0.39 is 17.6 Å². The lowest BCUT2D eigenvalue weighted by molar-refractivity contribution is -0.137. The number of benzene rings is 1. The van der Waals surface area contributed by atoms with Crippen LogP contribution in [-0.4, -0.2) is 21.8 Å². The molecule has 0 aliphatic heterocycles. The fourth-order valence-corrected chi connectivity index (χ4v) is 3.62. The number of amides is 2. The van der Waals surface area contributed by atoms with Gasteiger partial charge in [0.1, 0.15) is 5.82 Å². The van der Waals surface area contributed by atoms with Crippen LogP contribution in [0.3, 0.4) is 0 Å². The Hall–Kier alpha value is -3.46. The summed E-state index contributed by atoms with van der Waals surface area (Å²) in [4.78, 5) is 32.8. The minimum Gasteiger partial charge on any atom is -0.366 e. The van der Waals surface area contributed by atoms with Crippen molar-refractivity contribution in [3.05, 3.63) is 65.1 Å². The van der Waals surface area contributed by atoms with Crippen molar-refractivity contribution in [3.63, 3.8) is 0 Å². The number of nitrogens with two attached hydrogens (primary N) is 1. The number of halogens is 4. The predicted molar refractivity (Wildman–Crippen MR) is 113 cm³/mol. The number of nitrogens with zero attached hydrogens (tertiary/aromatic N) is 2. The Bertz CT molecular complexity index is 1230. The van der Waals surface area contributed by atoms with Gasteiger partial charge < -0.3 is 11.1 Å². The summed E-state index contributed by atoms with van der Waals surface area (Å²) >= 11 is 6.21. The van der Waals surface area contributed by atoms with Gasteiger partial charge in [-0.2, -0.15) is 13.2 Å². The SMILES string of the molecule is NC(=O)c1ccnc(NC(=O)C2CC2)c1-c1cnccc1-c1ccc(C(F)(F)F)cc1Cl. The zero-order chi connectivity index (χ0) is 23.0. The van der Waals surface area contributed by atoms with Gasteiger partial charge in [-0.1, -0.05) is 17.7 Å². The van der Waals surface area contributed by atoms with Crippen LogP contribution in [0.4, 0.5) is 19.0 Å². The molecule has 1 fully saturated rings. The van der Waals surface area contributed by atoms with Crippen LogP contribution in [0, 0.1) is 5.92 Å². The Labute approximate surface area is 185 Å². The summed E-state index contributed by atoms with van der Waals surface area (Å²) in [5.41, 5.74) is 5.98. The molecule has 10 heteroatoms. The van der Waals surface area contributed by atoms with Gasteiger partial charge in [-0.15, -0.1) is 0 Å². The molecule has 2 aromatic heterocycles. The van der Waals surface area contributed by atoms with Crippen LogP contribution in [0.15, 0.2) is 48.9 Å². The highest BCUT2D eigenvalue weighted by molar-refractivity contribution is 6.33. The number of alkyl halides is 3. The number of anilines is 1. The summed E-state index contributed by atoms with van der Waals surface area (Å²) < 4.78 is 39.2. The van der Waals surface area contributed by atoms with Crippen LogP contribution in [0.1, 0.15) is 28.8 Å². The number of carbonyl (C=O) groups excluding carboxylic acids is 2. The van der Waals surface area contributed by atoms with Gasteiger partial charge in [0, 0.05) is 46.2 Å². The number of hydrogen-bond donors (Lipinski definition) is 2. The van der Waals surface area contributed by atoms with Gasteiger partial charge in [-0.25, -0.2) is 4.98 Å². The van der Waals surface area contributed by atoms with Crippen LogP contribution in [0.2, 0.25) is 5.02 Å². The van der Waals surface area contributed by atoms with E-state index in [-0.39, 0.29) is 39.4 Å². The van der Waals surface area contributed by atoms with E-state index in [0.29, 0.717) is 11.1 Å². The van der Waals surface area contributed by atoms with E-state index in [2.05, 4.69) is 15.3 Å². The van der Waals surface area contributed by atoms with E-state index in [9.17, 15) is 22.8 Å². The van der Waals surface area contributed by atoms with Crippen molar-refractivity contribution in [3.8, 4) is 22.3 Å². The van der Waals surface area contributed by atoms with Gasteiger partial charge in [0.05, 0.1) is 11.1 Å². The van der Waals surface area contributed by atoms with Crippen LogP contribution >= 0.6 is 11.6 Å². The average Bonchev–Trinajstić information content (AvgIpc) is 3.58. The Kier molecular flexibility index (Phi) is 5.60. The minimum atomic E-state index is -4.55. The molecule has 0 bridgehead atoms. The molecule has 3 aromatic rings. The summed E-state index contributed by atoms with van der Waals surface area (Å²) in [5, 5.41) is 2.58. The number of nitrogens with one attached hydrogen (secondary N) is 1. The number of aromatic nitrogens is 2. The quantitative estimate of drug-likeness (QED) is 0.564. The molecule has 0 spiro atoms. The first-order chi connectivity index (χ1) is 15.2. The standard InChI is InChI=1S/C22H16ClF3N4O2/c23-17-9-12(22(24,25)26)3-4-14(17)13-5-7-28-10-16(13)18-15(19(27)31)6-8-29-20(18)30-21(32)11-1-2-11/h3-11H,1-2H2,(H2,27,31)(H,29,30,32). The van der Waals surface area contributed by atoms with Crippen molar-refractivity contribution in [2.24, 2.45) is 11.7 Å². The maximum atomic E-state index is 13.1. The molecule has 1 aromatic carbocycles. The van der Waals surface area contributed by atoms with E-state index in [4.69, 9.17) is 17.3 Å². The summed E-state index contributed by atoms with van der Waals surface area (Å²) in [6.07, 6.45) is 1.17. The number of rotatable bonds is 5. The third kappa shape index (κ3) is 4.29. The normalized spacial score (nSPS) is 13.6. The van der Waals surface area contributed by atoms with Gasteiger partial charge in [0.2, 0.25) is 11.8 Å². The highest BCUT2D eigenvalue weighted by atomic mass is 35.5. The lowest BCUT2D eigenvalue weighted by Gasteiger charge is -2.17. The Morgan fingerprint density at radius 1 is 1.06 bits per heavy atom. The van der Waals surface area contributed by atoms with E-state index in [1.807, 2.05) is 0 Å². The molecule has 4 rings (SSSR count). The molecule has 0 atom stereocenters. The largest absolute Gasteiger partial charge is 0.416 e. The first kappa shape index (κ1) is 21.8. The molecule has 1 aliphatic carbocycles. The van der Waals surface area contributed by atoms with Crippen LogP contribution in [0.5, 0.6) is 0 Å². The first-order valence-electron chi connectivity index (χ1n) is 9.58. The van der Waals surface area contributed by atoms with Gasteiger partial charge in [0.25, 0.3) is 0 Å². The molecule has 3 N–H and O–H groups in total. The topological polar surface area (TPSA) is 98.0 Å². The highest BCUT2D eigenvalue weighted by Crippen LogP contribution is 2.42. The minimum absolute atomic E-state index is 0.0726. The number of primary amides is 1. The summed E-state index contributed by atoms with van der Waals surface area (Å²) in [6, 6.07) is 5.94. The molecular weight excluding hydrogens is 445 g/mol. The summed E-state index contributed by atoms with van der Waals surface area (Å²) in [6.45, 7) is 0. The van der Waals surface area contributed by atoms with Crippen molar-refractivity contribution in [2.45, 2.75) is 19.0 Å². The number of carbonyl (C=O) groups is 2. The molecular formula is C22H16ClF3N4O2. The average molecular weight is 461 g/mol. The molecule has 1 saturated carbocycles. The zero-order valence-corrected chi connectivity index (χ0v) is 17.2. The molecule has 1 aliphatic rings. The molecule has 6 nitrogen and oxygen atoms in total. The van der Waals surface area contributed by atoms with Gasteiger partial charge in [0.15, 0.2) is 0 Å². The first-order valence-corrected chi connectivity index (χ1v) is 9.95. The van der Waals surface area contributed by atoms with E-state index in [1.54, 1.807) is 6.07 Å². The zero-order valence-electron chi connectivity index (χ0n) is 16.4. The van der Waals surface area contributed by atoms with Crippen molar-refractivity contribution in [2.75, 3.05) is 5.32 Å². The summed E-state index contributed by atoms with van der Waals surface area (Å²) in [5.74, 6) is -1.02. The van der Waals surface area contributed by atoms with Crippen molar-refractivity contribution in [1.29, 1.82) is 0 Å². The Morgan fingerprint density at radius 2 is 1.81 bits per heavy atom. The molecule has 0 saturated heterocycles. The van der Waals surface area contributed by atoms with Gasteiger partial charge in [-0.3, -0.25) is 14.6 Å². The fraction of sp³-hybridized carbons (Fsp3) is 0.182. The van der Waals surface area contributed by atoms with Crippen LogP contribution in [0.25, 0.3) is 22.3 Å². The fourth-order valence-electron chi connectivity index (χ4n) is 3.34. The maximum Gasteiger partial charge on any atom is 0.416 e. The summed E-state index contributed by atoms with van der Waals surface area (Å²) in [7, 11) is 0.